The molecule has 8 nitrogen and oxygen atoms in total. The number of amides is 2. The number of carbonyl (C=O) groups excluding carboxylic acids is 3. The number of fused-ring (bicyclic) bond motifs is 2. The fourth-order valence-corrected chi connectivity index (χ4v) is 5.88. The van der Waals surface area contributed by atoms with Gasteiger partial charge in [-0.2, -0.15) is 0 Å². The molecular weight excluding hydrogens is 412 g/mol. The number of rotatable bonds is 8. The molecule has 4 aliphatic rings. The molecule has 0 bridgehead atoms. The van der Waals surface area contributed by atoms with Gasteiger partial charge in [0.2, 0.25) is 11.8 Å². The molecule has 1 unspecified atom stereocenters. The molecule has 4 rings (SSSR count). The maximum Gasteiger partial charge on any atom is 0.313 e. The van der Waals surface area contributed by atoms with Gasteiger partial charge in [-0.25, -0.2) is 0 Å². The van der Waals surface area contributed by atoms with Crippen molar-refractivity contribution in [3.63, 3.8) is 0 Å². The molecule has 0 aromatic heterocycles. The fraction of sp³-hybridized carbons (Fsp3) is 0.708. The summed E-state index contributed by atoms with van der Waals surface area (Å²) in [5.41, 5.74) is -2.22. The van der Waals surface area contributed by atoms with Crippen LogP contribution in [0.5, 0.6) is 0 Å². The van der Waals surface area contributed by atoms with E-state index in [1.165, 1.54) is 4.90 Å². The molecule has 0 aliphatic carbocycles. The third-order valence-electron chi connectivity index (χ3n) is 7.37. The van der Waals surface area contributed by atoms with Crippen LogP contribution < -0.4 is 0 Å². The summed E-state index contributed by atoms with van der Waals surface area (Å²) in [6.07, 6.45) is 11.2. The highest BCUT2D eigenvalue weighted by Gasteiger charge is 2.75. The lowest BCUT2D eigenvalue weighted by Gasteiger charge is -2.38. The maximum atomic E-state index is 13.8. The normalized spacial score (nSPS) is 36.0. The number of cyclic esters (lactones) is 1. The Kier molecular flexibility index (Phi) is 6.45. The predicted molar refractivity (Wildman–Crippen MR) is 116 cm³/mol. The van der Waals surface area contributed by atoms with Crippen LogP contribution >= 0.6 is 0 Å². The topological polar surface area (TPSA) is 96.4 Å². The van der Waals surface area contributed by atoms with Crippen LogP contribution in [-0.2, 0) is 23.9 Å². The molecule has 4 heterocycles. The highest BCUT2D eigenvalue weighted by atomic mass is 16.6. The van der Waals surface area contributed by atoms with Gasteiger partial charge in [-0.1, -0.05) is 44.9 Å². The second-order valence-electron chi connectivity index (χ2n) is 9.16. The highest BCUT2D eigenvalue weighted by Crippen LogP contribution is 2.58. The van der Waals surface area contributed by atoms with Crippen LogP contribution in [0.3, 0.4) is 0 Å². The minimum absolute atomic E-state index is 0.0909. The van der Waals surface area contributed by atoms with Gasteiger partial charge in [-0.15, -0.1) is 0 Å². The molecule has 0 radical (unpaired) electrons. The number of ether oxygens (including phenoxy) is 2. The molecule has 2 amide bonds. The van der Waals surface area contributed by atoms with E-state index in [9.17, 15) is 19.5 Å². The number of aliphatic hydroxyl groups is 1. The van der Waals surface area contributed by atoms with Crippen LogP contribution in [0.2, 0.25) is 0 Å². The Morgan fingerprint density at radius 2 is 1.84 bits per heavy atom. The van der Waals surface area contributed by atoms with Gasteiger partial charge in [0.1, 0.15) is 29.8 Å². The average molecular weight is 447 g/mol. The van der Waals surface area contributed by atoms with E-state index in [1.54, 1.807) is 11.0 Å². The first-order valence-corrected chi connectivity index (χ1v) is 11.9. The largest absolute Gasteiger partial charge is 0.461 e. The van der Waals surface area contributed by atoms with Crippen LogP contribution in [0.4, 0.5) is 0 Å². The lowest BCUT2D eigenvalue weighted by atomic mass is 9.73. The number of hydrogen-bond acceptors (Lipinski definition) is 6. The summed E-state index contributed by atoms with van der Waals surface area (Å²) in [4.78, 5) is 44.0. The van der Waals surface area contributed by atoms with Crippen molar-refractivity contribution >= 4 is 17.8 Å². The lowest BCUT2D eigenvalue weighted by Crippen LogP contribution is -2.56. The number of esters is 1. The van der Waals surface area contributed by atoms with E-state index in [2.05, 4.69) is 6.92 Å². The molecule has 2 saturated heterocycles. The molecule has 176 valence electrons. The number of carbonyl (C=O) groups is 3. The molecule has 1 spiro atoms. The van der Waals surface area contributed by atoms with Crippen LogP contribution in [-0.4, -0.2) is 82.8 Å². The second kappa shape index (κ2) is 8.98. The van der Waals surface area contributed by atoms with E-state index in [4.69, 9.17) is 9.47 Å². The van der Waals surface area contributed by atoms with Crippen molar-refractivity contribution in [3.8, 4) is 0 Å². The molecule has 8 heteroatoms. The van der Waals surface area contributed by atoms with Crippen LogP contribution in [0.1, 0.15) is 46.0 Å². The SMILES string of the molecule is CCCCCN1CC=C[C@]23O[C@]4(CC)C=CCOC(=O)[C@@H]4[C@H]2C(=O)N(CCCO)C3C1=O. The van der Waals surface area contributed by atoms with Crippen LogP contribution in [0, 0.1) is 11.8 Å². The zero-order chi connectivity index (χ0) is 22.9. The second-order valence-corrected chi connectivity index (χ2v) is 9.16. The summed E-state index contributed by atoms with van der Waals surface area (Å²) >= 11 is 0. The number of nitrogens with zero attached hydrogens (tertiary/aromatic N) is 2. The Balaban J connectivity index is 1.79. The Labute approximate surface area is 189 Å². The molecule has 5 atom stereocenters. The van der Waals surface area contributed by atoms with Crippen molar-refractivity contribution in [3.05, 3.63) is 24.3 Å². The number of aliphatic hydroxyl groups excluding tert-OH is 1. The van der Waals surface area contributed by atoms with E-state index in [-0.39, 0.29) is 31.6 Å². The molecular formula is C24H34N2O6. The van der Waals surface area contributed by atoms with Gasteiger partial charge in [-0.05, 0) is 25.3 Å². The molecule has 1 N–H and O–H groups in total. The summed E-state index contributed by atoms with van der Waals surface area (Å²) in [6, 6.07) is -0.858. The predicted octanol–water partition coefficient (Wildman–Crippen LogP) is 1.43. The summed E-state index contributed by atoms with van der Waals surface area (Å²) in [5, 5.41) is 9.41. The van der Waals surface area contributed by atoms with Crippen molar-refractivity contribution in [2.24, 2.45) is 11.8 Å². The van der Waals surface area contributed by atoms with Gasteiger partial charge in [0.15, 0.2) is 0 Å². The molecule has 0 aromatic rings. The third-order valence-corrected chi connectivity index (χ3v) is 7.37. The van der Waals surface area contributed by atoms with Crippen molar-refractivity contribution in [2.75, 3.05) is 32.8 Å². The number of unbranched alkanes of at least 4 members (excludes halogenated alkanes) is 2. The zero-order valence-corrected chi connectivity index (χ0v) is 19.0. The first kappa shape index (κ1) is 23.0. The average Bonchev–Trinajstić information content (AvgIpc) is 3.06. The van der Waals surface area contributed by atoms with Gasteiger partial charge < -0.3 is 24.4 Å². The van der Waals surface area contributed by atoms with Gasteiger partial charge in [0.05, 0.1) is 5.92 Å². The highest BCUT2D eigenvalue weighted by molar-refractivity contribution is 5.99. The fourth-order valence-electron chi connectivity index (χ4n) is 5.88. The Morgan fingerprint density at radius 1 is 1.03 bits per heavy atom. The summed E-state index contributed by atoms with van der Waals surface area (Å²) in [7, 11) is 0. The van der Waals surface area contributed by atoms with Gasteiger partial charge in [0.25, 0.3) is 0 Å². The van der Waals surface area contributed by atoms with Gasteiger partial charge >= 0.3 is 5.97 Å². The number of hydrogen-bond donors (Lipinski definition) is 1. The number of likely N-dealkylation sites (tertiary alicyclic amines) is 1. The molecule has 2 fully saturated rings. The first-order chi connectivity index (χ1) is 15.5. The molecule has 4 aliphatic heterocycles. The lowest BCUT2D eigenvalue weighted by molar-refractivity contribution is -0.159. The maximum absolute atomic E-state index is 13.8. The standard InChI is InChI=1S/C24H34N2O6/c1-3-5-6-12-25-13-7-11-24-17(20(28)26(14-9-15-27)19(24)21(25)29)18-22(30)31-16-8-10-23(18,4-2)32-24/h7-8,10-11,17-19,27H,3-6,9,12-16H2,1-2H3/t17-,18-,19?,23+,24-/m0/s1. The molecule has 0 saturated carbocycles. The Morgan fingerprint density at radius 3 is 2.56 bits per heavy atom. The van der Waals surface area contributed by atoms with E-state index in [0.29, 0.717) is 25.9 Å². The van der Waals surface area contributed by atoms with E-state index >= 15 is 0 Å². The van der Waals surface area contributed by atoms with Crippen molar-refractivity contribution in [1.29, 1.82) is 0 Å². The zero-order valence-electron chi connectivity index (χ0n) is 19.0. The first-order valence-electron chi connectivity index (χ1n) is 11.9. The Hall–Kier alpha value is -2.19. The minimum atomic E-state index is -1.23. The molecule has 32 heavy (non-hydrogen) atoms. The van der Waals surface area contributed by atoms with Gasteiger partial charge in [0, 0.05) is 26.2 Å². The van der Waals surface area contributed by atoms with E-state index in [0.717, 1.165) is 19.3 Å². The minimum Gasteiger partial charge on any atom is -0.461 e. The van der Waals surface area contributed by atoms with Crippen molar-refractivity contribution in [2.45, 2.75) is 63.2 Å². The smallest absolute Gasteiger partial charge is 0.313 e. The third kappa shape index (κ3) is 3.39. The van der Waals surface area contributed by atoms with Crippen molar-refractivity contribution < 1.29 is 29.0 Å². The summed E-state index contributed by atoms with van der Waals surface area (Å²) in [5.74, 6) is -2.54. The van der Waals surface area contributed by atoms with E-state index in [1.807, 2.05) is 25.2 Å². The van der Waals surface area contributed by atoms with Crippen molar-refractivity contribution in [1.82, 2.24) is 9.80 Å². The monoisotopic (exact) mass is 446 g/mol. The van der Waals surface area contributed by atoms with E-state index < -0.39 is 35.0 Å². The summed E-state index contributed by atoms with van der Waals surface area (Å²) in [6.45, 7) is 5.39. The molecule has 0 aromatic carbocycles. The van der Waals surface area contributed by atoms with Crippen LogP contribution in [0.15, 0.2) is 24.3 Å². The quantitative estimate of drug-likeness (QED) is 0.344. The van der Waals surface area contributed by atoms with Crippen LogP contribution in [0.25, 0.3) is 0 Å². The summed E-state index contributed by atoms with van der Waals surface area (Å²) < 4.78 is 12.1. The Bertz CT molecular complexity index is 825. The van der Waals surface area contributed by atoms with Gasteiger partial charge in [-0.3, -0.25) is 14.4 Å².